The molecule has 0 bridgehead atoms. The Morgan fingerprint density at radius 1 is 1.05 bits per heavy atom. The Hall–Kier alpha value is -3.11. The van der Waals surface area contributed by atoms with Gasteiger partial charge in [-0.3, -0.25) is 4.79 Å². The lowest BCUT2D eigenvalue weighted by Crippen LogP contribution is -2.28. The summed E-state index contributed by atoms with van der Waals surface area (Å²) in [6.45, 7) is 0. The van der Waals surface area contributed by atoms with Crippen LogP contribution in [-0.4, -0.2) is 22.1 Å². The van der Waals surface area contributed by atoms with E-state index in [0.717, 1.165) is 5.01 Å². The van der Waals surface area contributed by atoms with E-state index in [1.807, 2.05) is 0 Å². The number of amides is 1. The van der Waals surface area contributed by atoms with Gasteiger partial charge in [0.2, 0.25) is 0 Å². The Bertz CT molecular complexity index is 794. The molecule has 0 N–H and O–H groups in total. The largest absolute Gasteiger partial charge is 0.409 e. The van der Waals surface area contributed by atoms with Crippen LogP contribution in [-0.2, 0) is 4.79 Å². The molecule has 1 aliphatic heterocycles. The van der Waals surface area contributed by atoms with E-state index in [1.165, 1.54) is 18.2 Å². The first kappa shape index (κ1) is 12.9. The summed E-state index contributed by atoms with van der Waals surface area (Å²) < 4.78 is 13.9. The highest BCUT2D eigenvalue weighted by molar-refractivity contribution is 6.72. The van der Waals surface area contributed by atoms with E-state index >= 15 is 0 Å². The number of halogens is 1. The number of carbonyl (C=O) groups excluding carboxylic acids is 1. The van der Waals surface area contributed by atoms with Gasteiger partial charge in [0.15, 0.2) is 5.71 Å². The number of benzene rings is 2. The van der Waals surface area contributed by atoms with E-state index < -0.39 is 11.7 Å². The quantitative estimate of drug-likeness (QED) is 0.614. The van der Waals surface area contributed by atoms with Crippen LogP contribution in [0.25, 0.3) is 5.53 Å². The zero-order valence-corrected chi connectivity index (χ0v) is 10.8. The van der Waals surface area contributed by atoms with Crippen LogP contribution in [0.3, 0.4) is 0 Å². The predicted molar refractivity (Wildman–Crippen MR) is 75.5 cm³/mol. The van der Waals surface area contributed by atoms with Crippen LogP contribution in [0.5, 0.6) is 0 Å². The van der Waals surface area contributed by atoms with Gasteiger partial charge in [-0.05, 0) is 24.3 Å². The van der Waals surface area contributed by atoms with E-state index in [2.05, 4.69) is 9.89 Å². The zero-order valence-electron chi connectivity index (χ0n) is 10.8. The number of hydrogen-bond donors (Lipinski definition) is 0. The number of carbonyl (C=O) groups is 1. The minimum Gasteiger partial charge on any atom is -0.360 e. The third-order valence-electron chi connectivity index (χ3n) is 3.05. The standard InChI is InChI=1S/C15H9FN4O/c16-12-9-5-4-8-11(12)13-14(18-17)15(21)20(19-13)10-6-2-1-3-7-10/h1-9H. The van der Waals surface area contributed by atoms with Crippen molar-refractivity contribution < 1.29 is 14.0 Å². The lowest BCUT2D eigenvalue weighted by molar-refractivity contribution is -0.115. The maximum Gasteiger partial charge on any atom is 0.409 e. The predicted octanol–water partition coefficient (Wildman–Crippen LogP) is 2.25. The Morgan fingerprint density at radius 3 is 2.38 bits per heavy atom. The van der Waals surface area contributed by atoms with Gasteiger partial charge < -0.3 is 5.53 Å². The molecule has 6 heteroatoms. The van der Waals surface area contributed by atoms with Crippen LogP contribution in [0.15, 0.2) is 59.7 Å². The van der Waals surface area contributed by atoms with Gasteiger partial charge in [-0.1, -0.05) is 30.3 Å². The Balaban J connectivity index is 2.14. The van der Waals surface area contributed by atoms with Crippen molar-refractivity contribution >= 4 is 23.0 Å². The minimum absolute atomic E-state index is 0.00412. The van der Waals surface area contributed by atoms with Crippen LogP contribution < -0.4 is 5.01 Å². The van der Waals surface area contributed by atoms with Crippen LogP contribution in [0.4, 0.5) is 10.1 Å². The molecule has 0 aromatic heterocycles. The van der Waals surface area contributed by atoms with Gasteiger partial charge in [0.05, 0.1) is 5.69 Å². The van der Waals surface area contributed by atoms with Gasteiger partial charge in [-0.15, -0.1) is 0 Å². The molecule has 0 atom stereocenters. The summed E-state index contributed by atoms with van der Waals surface area (Å²) in [5.41, 5.74) is 9.39. The fourth-order valence-corrected chi connectivity index (χ4v) is 2.06. The molecule has 0 spiro atoms. The molecule has 0 radical (unpaired) electrons. The van der Waals surface area contributed by atoms with Gasteiger partial charge in [-0.25, -0.2) is 4.39 Å². The molecule has 1 aliphatic rings. The van der Waals surface area contributed by atoms with Crippen molar-refractivity contribution in [3.63, 3.8) is 0 Å². The maximum absolute atomic E-state index is 13.9. The fraction of sp³-hybridized carbons (Fsp3) is 0. The molecule has 0 saturated heterocycles. The van der Waals surface area contributed by atoms with Crippen molar-refractivity contribution in [1.82, 2.24) is 0 Å². The molecule has 5 nitrogen and oxygen atoms in total. The average Bonchev–Trinajstić information content (AvgIpc) is 2.85. The lowest BCUT2D eigenvalue weighted by Gasteiger charge is -2.08. The van der Waals surface area contributed by atoms with Crippen LogP contribution in [0.2, 0.25) is 0 Å². The molecule has 0 fully saturated rings. The molecule has 102 valence electrons. The summed E-state index contributed by atoms with van der Waals surface area (Å²) in [4.78, 5) is 15.2. The van der Waals surface area contributed by atoms with Crippen molar-refractivity contribution in [2.24, 2.45) is 5.10 Å². The molecular weight excluding hydrogens is 271 g/mol. The van der Waals surface area contributed by atoms with E-state index in [9.17, 15) is 9.18 Å². The molecule has 2 aromatic rings. The number of hydrogen-bond acceptors (Lipinski definition) is 2. The molecular formula is C15H9FN4O. The first-order valence-electron chi connectivity index (χ1n) is 6.18. The fourth-order valence-electron chi connectivity index (χ4n) is 2.06. The summed E-state index contributed by atoms with van der Waals surface area (Å²) in [6, 6.07) is 14.5. The lowest BCUT2D eigenvalue weighted by atomic mass is 10.1. The second kappa shape index (κ2) is 5.11. The second-order valence-electron chi connectivity index (χ2n) is 4.33. The van der Waals surface area contributed by atoms with Crippen molar-refractivity contribution in [1.29, 1.82) is 0 Å². The van der Waals surface area contributed by atoms with E-state index in [4.69, 9.17) is 5.53 Å². The summed E-state index contributed by atoms with van der Waals surface area (Å²) in [5, 5.41) is 5.17. The van der Waals surface area contributed by atoms with Crippen LogP contribution in [0, 0.1) is 5.82 Å². The first-order valence-corrected chi connectivity index (χ1v) is 6.18. The van der Waals surface area contributed by atoms with Crippen molar-refractivity contribution in [3.05, 3.63) is 71.5 Å². The smallest absolute Gasteiger partial charge is 0.360 e. The first-order chi connectivity index (χ1) is 10.2. The average molecular weight is 280 g/mol. The zero-order chi connectivity index (χ0) is 14.8. The molecule has 0 saturated carbocycles. The number of para-hydroxylation sites is 1. The highest BCUT2D eigenvalue weighted by Gasteiger charge is 2.41. The number of anilines is 1. The van der Waals surface area contributed by atoms with Gasteiger partial charge in [-0.2, -0.15) is 14.9 Å². The summed E-state index contributed by atoms with van der Waals surface area (Å²) >= 11 is 0. The van der Waals surface area contributed by atoms with E-state index in [0.29, 0.717) is 5.69 Å². The van der Waals surface area contributed by atoms with Crippen LogP contribution in [0.1, 0.15) is 5.56 Å². The summed E-state index contributed by atoms with van der Waals surface area (Å²) in [7, 11) is 0. The topological polar surface area (TPSA) is 69.1 Å². The number of hydrazone groups is 1. The van der Waals surface area contributed by atoms with Crippen molar-refractivity contribution in [2.75, 3.05) is 5.01 Å². The summed E-state index contributed by atoms with van der Waals surface area (Å²) in [5.74, 6) is -1.15. The van der Waals surface area contributed by atoms with Gasteiger partial charge in [0, 0.05) is 5.56 Å². The molecule has 21 heavy (non-hydrogen) atoms. The molecule has 1 amide bonds. The molecule has 0 unspecified atom stereocenters. The monoisotopic (exact) mass is 280 g/mol. The third-order valence-corrected chi connectivity index (χ3v) is 3.05. The number of rotatable bonds is 2. The normalized spacial score (nSPS) is 14.1. The SMILES string of the molecule is [N-]=[N+]=C1C(=O)N(c2ccccc2)N=C1c1ccccc1F. The van der Waals surface area contributed by atoms with E-state index in [-0.39, 0.29) is 17.0 Å². The maximum atomic E-state index is 13.9. The van der Waals surface area contributed by atoms with E-state index in [1.54, 1.807) is 36.4 Å². The summed E-state index contributed by atoms with van der Waals surface area (Å²) in [6.07, 6.45) is 0. The second-order valence-corrected chi connectivity index (χ2v) is 4.33. The van der Waals surface area contributed by atoms with Crippen molar-refractivity contribution in [2.45, 2.75) is 0 Å². The highest BCUT2D eigenvalue weighted by atomic mass is 19.1. The van der Waals surface area contributed by atoms with Crippen LogP contribution >= 0.6 is 0 Å². The molecule has 3 rings (SSSR count). The number of nitrogens with zero attached hydrogens (tertiary/aromatic N) is 4. The molecule has 0 aliphatic carbocycles. The third kappa shape index (κ3) is 2.13. The Morgan fingerprint density at radius 2 is 1.71 bits per heavy atom. The molecule has 1 heterocycles. The Kier molecular flexibility index (Phi) is 3.14. The Labute approximate surface area is 119 Å². The highest BCUT2D eigenvalue weighted by Crippen LogP contribution is 2.21. The van der Waals surface area contributed by atoms with Crippen molar-refractivity contribution in [3.8, 4) is 0 Å². The molecule has 2 aromatic carbocycles. The van der Waals surface area contributed by atoms with Gasteiger partial charge in [0.25, 0.3) is 0 Å². The van der Waals surface area contributed by atoms with Gasteiger partial charge >= 0.3 is 11.6 Å². The van der Waals surface area contributed by atoms with Gasteiger partial charge in [0.1, 0.15) is 5.82 Å². The minimum atomic E-state index is -0.609.